The van der Waals surface area contributed by atoms with Crippen molar-refractivity contribution in [3.8, 4) is 0 Å². The Morgan fingerprint density at radius 1 is 0.778 bits per heavy atom. The number of rotatable bonds is 3. The average molecular weight is 387 g/mol. The van der Waals surface area contributed by atoms with Gasteiger partial charge in [0, 0.05) is 50.0 Å². The molecule has 3 heterocycles. The van der Waals surface area contributed by atoms with Crippen LogP contribution in [0.1, 0.15) is 25.7 Å². The lowest BCUT2D eigenvalue weighted by molar-refractivity contribution is 0.647. The number of piperazine rings is 1. The second-order valence-electron chi connectivity index (χ2n) is 7.29. The van der Waals surface area contributed by atoms with Crippen LogP contribution in [-0.4, -0.2) is 49.2 Å². The molecule has 2 saturated heterocycles. The van der Waals surface area contributed by atoms with Gasteiger partial charge in [-0.25, -0.2) is 9.97 Å². The first kappa shape index (κ1) is 18.2. The minimum absolute atomic E-state index is 0.718. The lowest BCUT2D eigenvalue weighted by Crippen LogP contribution is -2.47. The van der Waals surface area contributed by atoms with Gasteiger partial charge >= 0.3 is 0 Å². The van der Waals surface area contributed by atoms with E-state index < -0.39 is 0 Å². The molecule has 0 spiro atoms. The number of nitrogens with two attached hydrogens (primary N) is 1. The summed E-state index contributed by atoms with van der Waals surface area (Å²) in [4.78, 5) is 16.0. The Kier molecular flexibility index (Phi) is 5.53. The molecule has 0 radical (unpaired) electrons. The zero-order valence-electron chi connectivity index (χ0n) is 15.6. The highest BCUT2D eigenvalue weighted by Gasteiger charge is 2.23. The monoisotopic (exact) mass is 386 g/mol. The average Bonchev–Trinajstić information content (AvgIpc) is 2.98. The van der Waals surface area contributed by atoms with E-state index in [0.717, 1.165) is 61.6 Å². The number of hydrogen-bond acceptors (Lipinski definition) is 6. The van der Waals surface area contributed by atoms with Crippen LogP contribution in [0.15, 0.2) is 30.6 Å². The van der Waals surface area contributed by atoms with Crippen molar-refractivity contribution in [3.05, 3.63) is 35.6 Å². The zero-order valence-corrected chi connectivity index (χ0v) is 16.4. The third-order valence-corrected chi connectivity index (χ3v) is 5.74. The van der Waals surface area contributed by atoms with Crippen molar-refractivity contribution in [2.24, 2.45) is 0 Å². The Balaban J connectivity index is 1.47. The van der Waals surface area contributed by atoms with Gasteiger partial charge in [0.05, 0.1) is 0 Å². The molecule has 2 aliphatic rings. The summed E-state index contributed by atoms with van der Waals surface area (Å²) in [5.41, 5.74) is 8.41. The maximum absolute atomic E-state index is 6.52. The molecule has 2 aromatic rings. The van der Waals surface area contributed by atoms with Gasteiger partial charge in [0.2, 0.25) is 0 Å². The van der Waals surface area contributed by atoms with Gasteiger partial charge in [-0.15, -0.1) is 0 Å². The molecule has 6 nitrogen and oxygen atoms in total. The molecule has 144 valence electrons. The van der Waals surface area contributed by atoms with Crippen molar-refractivity contribution in [3.63, 3.8) is 0 Å². The highest BCUT2D eigenvalue weighted by Crippen LogP contribution is 2.31. The molecule has 0 unspecified atom stereocenters. The van der Waals surface area contributed by atoms with E-state index in [9.17, 15) is 0 Å². The fourth-order valence-corrected chi connectivity index (χ4v) is 4.20. The lowest BCUT2D eigenvalue weighted by Gasteiger charge is -2.37. The van der Waals surface area contributed by atoms with E-state index in [1.807, 2.05) is 18.2 Å². The van der Waals surface area contributed by atoms with Crippen LogP contribution in [0.5, 0.6) is 0 Å². The number of anilines is 4. The van der Waals surface area contributed by atoms with E-state index in [1.54, 1.807) is 6.33 Å². The third kappa shape index (κ3) is 4.05. The summed E-state index contributed by atoms with van der Waals surface area (Å²) in [7, 11) is 0. The smallest absolute Gasteiger partial charge is 0.157 e. The van der Waals surface area contributed by atoms with Gasteiger partial charge in [0.15, 0.2) is 11.6 Å². The number of halogens is 1. The van der Waals surface area contributed by atoms with Crippen molar-refractivity contribution in [2.75, 3.05) is 59.7 Å². The summed E-state index contributed by atoms with van der Waals surface area (Å²) in [5, 5.41) is 0.775. The first-order valence-corrected chi connectivity index (χ1v) is 10.2. The van der Waals surface area contributed by atoms with Gasteiger partial charge in [0.25, 0.3) is 0 Å². The van der Waals surface area contributed by atoms with Crippen LogP contribution < -0.4 is 20.4 Å². The maximum atomic E-state index is 6.52. The molecule has 0 atom stereocenters. The summed E-state index contributed by atoms with van der Waals surface area (Å²) >= 11 is 6.14. The van der Waals surface area contributed by atoms with Crippen molar-refractivity contribution in [1.29, 1.82) is 0 Å². The number of nitrogens with zero attached hydrogens (tertiary/aromatic N) is 5. The van der Waals surface area contributed by atoms with Crippen LogP contribution in [0.3, 0.4) is 0 Å². The number of hydrogen-bond donors (Lipinski definition) is 1. The van der Waals surface area contributed by atoms with E-state index in [0.29, 0.717) is 0 Å². The van der Waals surface area contributed by atoms with E-state index in [-0.39, 0.29) is 0 Å². The minimum atomic E-state index is 0.718. The first-order chi connectivity index (χ1) is 13.2. The molecule has 2 fully saturated rings. The van der Waals surface area contributed by atoms with E-state index in [4.69, 9.17) is 17.3 Å². The highest BCUT2D eigenvalue weighted by molar-refractivity contribution is 6.30. The van der Waals surface area contributed by atoms with Crippen LogP contribution in [-0.2, 0) is 0 Å². The number of nitrogen functional groups attached to an aromatic ring is 1. The second kappa shape index (κ2) is 8.21. The fourth-order valence-electron chi connectivity index (χ4n) is 4.01. The van der Waals surface area contributed by atoms with E-state index in [1.165, 1.54) is 31.4 Å². The Morgan fingerprint density at radius 3 is 2.00 bits per heavy atom. The standard InChI is InChI=1S/C20H27ClN6/c21-16-6-5-7-17(14-16)25-10-12-27(13-11-25)20-18(22)19(23-15-24-20)26-8-3-1-2-4-9-26/h5-7,14-15H,1-4,8-13,22H2. The van der Waals surface area contributed by atoms with Crippen LogP contribution in [0.4, 0.5) is 23.0 Å². The van der Waals surface area contributed by atoms with Gasteiger partial charge in [-0.05, 0) is 31.0 Å². The van der Waals surface area contributed by atoms with Gasteiger partial charge in [0.1, 0.15) is 12.0 Å². The molecular weight excluding hydrogens is 360 g/mol. The van der Waals surface area contributed by atoms with Crippen molar-refractivity contribution in [2.45, 2.75) is 25.7 Å². The molecular formula is C20H27ClN6. The topological polar surface area (TPSA) is 61.5 Å². The molecule has 7 heteroatoms. The largest absolute Gasteiger partial charge is 0.393 e. The molecule has 0 aliphatic carbocycles. The van der Waals surface area contributed by atoms with Crippen LogP contribution in [0.2, 0.25) is 5.02 Å². The van der Waals surface area contributed by atoms with Crippen molar-refractivity contribution < 1.29 is 0 Å². The molecule has 27 heavy (non-hydrogen) atoms. The normalized spacial score (nSPS) is 18.5. The van der Waals surface area contributed by atoms with Gasteiger partial charge in [-0.2, -0.15) is 0 Å². The van der Waals surface area contributed by atoms with Crippen LogP contribution in [0.25, 0.3) is 0 Å². The van der Waals surface area contributed by atoms with Gasteiger partial charge in [-0.1, -0.05) is 30.5 Å². The fraction of sp³-hybridized carbons (Fsp3) is 0.500. The quantitative estimate of drug-likeness (QED) is 0.872. The molecule has 2 N–H and O–H groups in total. The van der Waals surface area contributed by atoms with E-state index in [2.05, 4.69) is 30.7 Å². The van der Waals surface area contributed by atoms with Crippen molar-refractivity contribution >= 4 is 34.6 Å². The third-order valence-electron chi connectivity index (χ3n) is 5.50. The summed E-state index contributed by atoms with van der Waals surface area (Å²) in [6.07, 6.45) is 6.66. The minimum Gasteiger partial charge on any atom is -0.393 e. The zero-order chi connectivity index (χ0) is 18.6. The molecule has 4 rings (SSSR count). The SMILES string of the molecule is Nc1c(N2CCCCCC2)ncnc1N1CCN(c2cccc(Cl)c2)CC1. The maximum Gasteiger partial charge on any atom is 0.157 e. The second-order valence-corrected chi connectivity index (χ2v) is 7.73. The summed E-state index contributed by atoms with van der Waals surface area (Å²) in [6.45, 7) is 5.67. The van der Waals surface area contributed by atoms with E-state index >= 15 is 0 Å². The lowest BCUT2D eigenvalue weighted by atomic mass is 10.2. The highest BCUT2D eigenvalue weighted by atomic mass is 35.5. The Morgan fingerprint density at radius 2 is 1.37 bits per heavy atom. The summed E-state index contributed by atoms with van der Waals surface area (Å²) in [6, 6.07) is 8.04. The molecule has 1 aromatic carbocycles. The molecule has 1 aromatic heterocycles. The number of benzene rings is 1. The molecule has 0 bridgehead atoms. The van der Waals surface area contributed by atoms with Crippen LogP contribution >= 0.6 is 11.6 Å². The van der Waals surface area contributed by atoms with Gasteiger partial charge < -0.3 is 20.4 Å². The van der Waals surface area contributed by atoms with Crippen LogP contribution in [0, 0.1) is 0 Å². The molecule has 0 saturated carbocycles. The Bertz CT molecular complexity index is 767. The first-order valence-electron chi connectivity index (χ1n) is 9.83. The Hall–Kier alpha value is -2.21. The summed E-state index contributed by atoms with van der Waals surface area (Å²) in [5.74, 6) is 1.77. The Labute approximate surface area is 165 Å². The molecule has 0 amide bonds. The molecule has 2 aliphatic heterocycles. The predicted octanol–water partition coefficient (Wildman–Crippen LogP) is 3.42. The summed E-state index contributed by atoms with van der Waals surface area (Å²) < 4.78 is 0. The van der Waals surface area contributed by atoms with Gasteiger partial charge in [-0.3, -0.25) is 0 Å². The predicted molar refractivity (Wildman–Crippen MR) is 113 cm³/mol. The number of aromatic nitrogens is 2. The van der Waals surface area contributed by atoms with Crippen molar-refractivity contribution in [1.82, 2.24) is 9.97 Å².